The molecule has 0 aromatic heterocycles. The number of allylic oxidation sites excluding steroid dienone is 4. The molecule has 0 bridgehead atoms. The summed E-state index contributed by atoms with van der Waals surface area (Å²) in [4.78, 5) is 0. The van der Waals surface area contributed by atoms with E-state index in [1.54, 1.807) is 12.1 Å². The van der Waals surface area contributed by atoms with E-state index in [1.165, 1.54) is 45.8 Å². The first-order chi connectivity index (χ1) is 18.5. The number of rotatable bonds is 4. The summed E-state index contributed by atoms with van der Waals surface area (Å²) in [6, 6.07) is 27.8. The minimum Gasteiger partial charge on any atom is -1.00 e. The van der Waals surface area contributed by atoms with Gasteiger partial charge in [0.1, 0.15) is 0 Å². The second-order valence-electron chi connectivity index (χ2n) is 8.64. The minimum atomic E-state index is -0.270. The fourth-order valence-corrected chi connectivity index (χ4v) is 4.85. The van der Waals surface area contributed by atoms with Gasteiger partial charge in [-0.05, 0) is 11.1 Å². The second-order valence-corrected chi connectivity index (χ2v) is 9.87. The van der Waals surface area contributed by atoms with Crippen LogP contribution in [0.25, 0.3) is 33.7 Å². The van der Waals surface area contributed by atoms with Gasteiger partial charge in [0.05, 0.1) is 0 Å². The fourth-order valence-electron chi connectivity index (χ4n) is 4.08. The molecule has 40 heavy (non-hydrogen) atoms. The molecule has 0 fully saturated rings. The quantitative estimate of drug-likeness (QED) is 0.263. The molecule has 5 heteroatoms. The van der Waals surface area contributed by atoms with Crippen molar-refractivity contribution >= 4 is 36.9 Å². The molecule has 0 atom stereocenters. The van der Waals surface area contributed by atoms with Crippen molar-refractivity contribution in [3.8, 4) is 0 Å². The zero-order chi connectivity index (χ0) is 26.9. The Morgan fingerprint density at radius 1 is 0.750 bits per heavy atom. The Bertz CT molecular complexity index is 1560. The third kappa shape index (κ3) is 8.70. The van der Waals surface area contributed by atoms with Crippen molar-refractivity contribution in [2.75, 3.05) is 0 Å². The molecule has 0 unspecified atom stereocenters. The summed E-state index contributed by atoms with van der Waals surface area (Å²) in [6.07, 6.45) is 13.8. The van der Waals surface area contributed by atoms with Crippen LogP contribution in [-0.2, 0) is 24.2 Å². The fraction of sp³-hybridized carbons (Fsp3) is 0.0286. The molecule has 5 aromatic carbocycles. The summed E-state index contributed by atoms with van der Waals surface area (Å²) in [5, 5.41) is 5.15. The van der Waals surface area contributed by atoms with E-state index >= 15 is 0 Å². The third-order valence-corrected chi connectivity index (χ3v) is 7.46. The van der Waals surface area contributed by atoms with E-state index in [4.69, 9.17) is 0 Å². The van der Waals surface area contributed by atoms with Crippen molar-refractivity contribution in [3.63, 3.8) is 0 Å². The van der Waals surface area contributed by atoms with Crippen molar-refractivity contribution in [2.45, 2.75) is 6.42 Å². The van der Waals surface area contributed by atoms with E-state index < -0.39 is 0 Å². The molecule has 0 amide bonds. The third-order valence-electron chi connectivity index (χ3n) is 6.04. The molecule has 0 radical (unpaired) electrons. The summed E-state index contributed by atoms with van der Waals surface area (Å²) in [5.41, 5.74) is 3.94. The van der Waals surface area contributed by atoms with Crippen molar-refractivity contribution in [2.24, 2.45) is 0 Å². The Balaban J connectivity index is 0.000000229. The van der Waals surface area contributed by atoms with Gasteiger partial charge >= 0.3 is 108 Å². The van der Waals surface area contributed by atoms with Crippen LogP contribution in [0, 0.1) is 17.7 Å². The van der Waals surface area contributed by atoms with Crippen LogP contribution in [0.4, 0.5) is 8.78 Å². The smallest absolute Gasteiger partial charge is 0.109 e. The van der Waals surface area contributed by atoms with Gasteiger partial charge in [-0.2, -0.15) is 6.08 Å². The first-order valence-corrected chi connectivity index (χ1v) is 13.4. The van der Waals surface area contributed by atoms with Crippen LogP contribution in [0.15, 0.2) is 122 Å². The van der Waals surface area contributed by atoms with Crippen molar-refractivity contribution in [3.05, 3.63) is 162 Å². The Morgan fingerprint density at radius 2 is 1.25 bits per heavy atom. The molecule has 0 nitrogen and oxygen atoms in total. The predicted octanol–water partition coefficient (Wildman–Crippen LogP) is 3.39. The normalized spacial score (nSPS) is 10.9. The standard InChI is InChI=1S/C17H13.C13H8F2.C5H5.2ClH.Zr/c1-3-12-5-7-14-11-15-8-6-13(4-2)10-17(15)16(14)9-12;14-12-5-1-3-10(8-12)7-11-4-2-6-13(15)9-11;1-2-4-5-3-1;;;/h3-11H,1-2H2;1-6,8-9H;1-3H,4H2;2*1H;/q-1;;-1;;;+2/p-2. The molecule has 1 aliphatic rings. The molecule has 5 aromatic rings. The average molecular weight is 647 g/mol. The Kier molecular flexibility index (Phi) is 13.4. The average Bonchev–Trinajstić information content (AvgIpc) is 3.64. The monoisotopic (exact) mass is 644 g/mol. The number of fused-ring (bicyclic) bond motifs is 3. The maximum atomic E-state index is 13.0. The summed E-state index contributed by atoms with van der Waals surface area (Å²) < 4.78 is 27.0. The summed E-state index contributed by atoms with van der Waals surface area (Å²) >= 11 is 1.13. The van der Waals surface area contributed by atoms with Crippen LogP contribution < -0.4 is 24.8 Å². The van der Waals surface area contributed by atoms with Gasteiger partial charge in [-0.3, -0.25) is 6.08 Å². The van der Waals surface area contributed by atoms with Crippen LogP contribution in [0.1, 0.15) is 28.7 Å². The Hall–Kier alpha value is -3.10. The molecule has 0 saturated heterocycles. The van der Waals surface area contributed by atoms with Crippen LogP contribution in [-0.4, -0.2) is 3.21 Å². The van der Waals surface area contributed by atoms with Gasteiger partial charge in [0.25, 0.3) is 0 Å². The molecule has 200 valence electrons. The Morgan fingerprint density at radius 3 is 1.60 bits per heavy atom. The summed E-state index contributed by atoms with van der Waals surface area (Å²) in [6.45, 7) is 7.64. The zero-order valence-electron chi connectivity index (χ0n) is 21.7. The van der Waals surface area contributed by atoms with Crippen molar-refractivity contribution in [1.82, 2.24) is 0 Å². The number of hydrogen-bond acceptors (Lipinski definition) is 0. The van der Waals surface area contributed by atoms with Crippen LogP contribution in [0.2, 0.25) is 0 Å². The van der Waals surface area contributed by atoms with E-state index in [-0.39, 0.29) is 36.4 Å². The molecule has 0 N–H and O–H groups in total. The van der Waals surface area contributed by atoms with E-state index in [0.29, 0.717) is 0 Å². The Labute approximate surface area is 261 Å². The first-order valence-electron chi connectivity index (χ1n) is 12.2. The predicted molar refractivity (Wildman–Crippen MR) is 155 cm³/mol. The SMILES string of the molecule is C=Cc1ccc2[cH-]c3ccc(C=C)cc3c2c1.Fc1cccc([C](=[Zr+2])c2cccc(F)c2)c1.[C-]1=CC=CC1.[Cl-].[Cl-]. The van der Waals surface area contributed by atoms with Crippen LogP contribution in [0.3, 0.4) is 0 Å². The number of halogens is 4. The van der Waals surface area contributed by atoms with Gasteiger partial charge in [-0.1, -0.05) is 49.6 Å². The summed E-state index contributed by atoms with van der Waals surface area (Å²) in [5.74, 6) is -0.539. The first kappa shape index (κ1) is 33.1. The number of benzene rings is 4. The van der Waals surface area contributed by atoms with Gasteiger partial charge < -0.3 is 24.8 Å². The maximum Gasteiger partial charge on any atom is -0.109 e. The van der Waals surface area contributed by atoms with Crippen molar-refractivity contribution < 1.29 is 57.8 Å². The molecule has 0 saturated carbocycles. The summed E-state index contributed by atoms with van der Waals surface area (Å²) in [7, 11) is 0. The van der Waals surface area contributed by atoms with E-state index in [0.717, 1.165) is 56.1 Å². The van der Waals surface area contributed by atoms with E-state index in [2.05, 4.69) is 67.8 Å². The van der Waals surface area contributed by atoms with E-state index in [9.17, 15) is 8.78 Å². The van der Waals surface area contributed by atoms with Gasteiger partial charge in [-0.15, -0.1) is 46.2 Å². The molecule has 0 spiro atoms. The van der Waals surface area contributed by atoms with Gasteiger partial charge in [0.2, 0.25) is 0 Å². The second kappa shape index (κ2) is 16.2. The molecular weight excluding hydrogens is 621 g/mol. The molecule has 6 rings (SSSR count). The zero-order valence-corrected chi connectivity index (χ0v) is 25.7. The maximum absolute atomic E-state index is 13.0. The van der Waals surface area contributed by atoms with E-state index in [1.807, 2.05) is 36.4 Å². The molecular formula is C35H26Cl2F2Zr-2. The van der Waals surface area contributed by atoms with Gasteiger partial charge in [-0.25, -0.2) is 12.2 Å². The minimum absolute atomic E-state index is 0. The topological polar surface area (TPSA) is 0 Å². The van der Waals surface area contributed by atoms with Crippen LogP contribution in [0.5, 0.6) is 0 Å². The molecule has 1 aliphatic carbocycles. The molecule has 0 heterocycles. The van der Waals surface area contributed by atoms with Gasteiger partial charge in [0, 0.05) is 0 Å². The molecule has 0 aliphatic heterocycles. The number of hydrogen-bond donors (Lipinski definition) is 0. The van der Waals surface area contributed by atoms with Crippen molar-refractivity contribution in [1.29, 1.82) is 0 Å². The van der Waals surface area contributed by atoms with Gasteiger partial charge in [0.15, 0.2) is 0 Å². The largest absolute Gasteiger partial charge is 1.00 e. The van der Waals surface area contributed by atoms with Crippen LogP contribution >= 0.6 is 0 Å².